The molecule has 0 bridgehead atoms. The second kappa shape index (κ2) is 6.89. The van der Waals surface area contributed by atoms with Gasteiger partial charge in [0, 0.05) is 18.0 Å². The van der Waals surface area contributed by atoms with Crippen LogP contribution < -0.4 is 5.32 Å². The maximum absolute atomic E-state index is 11.8. The Morgan fingerprint density at radius 1 is 1.59 bits per heavy atom. The number of nitrogens with one attached hydrogen (secondary N) is 1. The van der Waals surface area contributed by atoms with Gasteiger partial charge in [-0.25, -0.2) is 0 Å². The molecular weight excluding hydrogens is 258 g/mol. The molecule has 0 heterocycles. The molecule has 0 fully saturated rings. The van der Waals surface area contributed by atoms with Crippen molar-refractivity contribution in [3.05, 3.63) is 28.8 Å². The van der Waals surface area contributed by atoms with Crippen LogP contribution in [0.25, 0.3) is 0 Å². The summed E-state index contributed by atoms with van der Waals surface area (Å²) in [6.07, 6.45) is 0.667. The van der Waals surface area contributed by atoms with Crippen LogP contribution in [-0.4, -0.2) is 24.2 Å². The van der Waals surface area contributed by atoms with Gasteiger partial charge in [-0.2, -0.15) is 0 Å². The van der Waals surface area contributed by atoms with E-state index < -0.39 is 0 Å². The monoisotopic (exact) mass is 273 g/mol. The van der Waals surface area contributed by atoms with Gasteiger partial charge in [0.05, 0.1) is 10.6 Å². The quantitative estimate of drug-likeness (QED) is 0.722. The Morgan fingerprint density at radius 2 is 2.29 bits per heavy atom. The van der Waals surface area contributed by atoms with Gasteiger partial charge in [0.2, 0.25) is 0 Å². The number of hydrogen-bond donors (Lipinski definition) is 3. The Labute approximate surface area is 112 Å². The second-order valence-corrected chi connectivity index (χ2v) is 4.92. The first-order valence-corrected chi connectivity index (χ1v) is 6.24. The van der Waals surface area contributed by atoms with Gasteiger partial charge >= 0.3 is 0 Å². The molecule has 1 atom stereocenters. The maximum Gasteiger partial charge on any atom is 0.252 e. The van der Waals surface area contributed by atoms with Crippen LogP contribution in [0.2, 0.25) is 5.02 Å². The Morgan fingerprint density at radius 3 is 2.94 bits per heavy atom. The SMILES string of the molecule is CC(CCO)CNC(=O)c1cc(S)ccc1Cl. The molecule has 1 aromatic carbocycles. The topological polar surface area (TPSA) is 49.3 Å². The van der Waals surface area contributed by atoms with Crippen molar-refractivity contribution in [2.45, 2.75) is 18.2 Å². The summed E-state index contributed by atoms with van der Waals surface area (Å²) in [5, 5.41) is 12.0. The highest BCUT2D eigenvalue weighted by atomic mass is 35.5. The fourth-order valence-electron chi connectivity index (χ4n) is 1.37. The van der Waals surface area contributed by atoms with E-state index in [4.69, 9.17) is 16.7 Å². The molecule has 0 spiro atoms. The lowest BCUT2D eigenvalue weighted by Crippen LogP contribution is -2.28. The van der Waals surface area contributed by atoms with Crippen molar-refractivity contribution in [2.75, 3.05) is 13.2 Å². The molecule has 0 saturated heterocycles. The molecule has 0 aromatic heterocycles. The maximum atomic E-state index is 11.8. The van der Waals surface area contributed by atoms with E-state index in [-0.39, 0.29) is 18.4 Å². The van der Waals surface area contributed by atoms with E-state index in [1.807, 2.05) is 6.92 Å². The first kappa shape index (κ1) is 14.4. The van der Waals surface area contributed by atoms with Crippen LogP contribution in [0.15, 0.2) is 23.1 Å². The van der Waals surface area contributed by atoms with Crippen LogP contribution in [0, 0.1) is 5.92 Å². The third-order valence-corrected chi connectivity index (χ3v) is 3.04. The molecule has 0 aliphatic rings. The Hall–Kier alpha value is -0.710. The van der Waals surface area contributed by atoms with E-state index in [1.165, 1.54) is 0 Å². The molecule has 1 amide bonds. The van der Waals surface area contributed by atoms with E-state index in [0.29, 0.717) is 28.4 Å². The van der Waals surface area contributed by atoms with Crippen molar-refractivity contribution in [2.24, 2.45) is 5.92 Å². The number of amides is 1. The van der Waals surface area contributed by atoms with Crippen LogP contribution in [0.4, 0.5) is 0 Å². The minimum Gasteiger partial charge on any atom is -0.396 e. The number of hydrogen-bond acceptors (Lipinski definition) is 3. The number of benzene rings is 1. The molecule has 1 aromatic rings. The largest absolute Gasteiger partial charge is 0.396 e. The molecule has 0 saturated carbocycles. The highest BCUT2D eigenvalue weighted by Gasteiger charge is 2.11. The summed E-state index contributed by atoms with van der Waals surface area (Å²) >= 11 is 10.1. The molecule has 0 aliphatic carbocycles. The molecular formula is C12H16ClNO2S. The van der Waals surface area contributed by atoms with Crippen LogP contribution in [0.5, 0.6) is 0 Å². The first-order chi connectivity index (χ1) is 8.04. The third kappa shape index (κ3) is 4.58. The number of thiol groups is 1. The summed E-state index contributed by atoms with van der Waals surface area (Å²) in [6, 6.07) is 5.02. The van der Waals surface area contributed by atoms with E-state index in [9.17, 15) is 4.79 Å². The highest BCUT2D eigenvalue weighted by Crippen LogP contribution is 2.19. The lowest BCUT2D eigenvalue weighted by atomic mass is 10.1. The summed E-state index contributed by atoms with van der Waals surface area (Å²) < 4.78 is 0. The van der Waals surface area contributed by atoms with Crippen LogP contribution in [0.1, 0.15) is 23.7 Å². The standard InChI is InChI=1S/C12H16ClNO2S/c1-8(4-5-15)7-14-12(16)10-6-9(17)2-3-11(10)13/h2-3,6,8,15,17H,4-5,7H2,1H3,(H,14,16). The Balaban J connectivity index is 2.61. The average Bonchev–Trinajstić information content (AvgIpc) is 2.29. The van der Waals surface area contributed by atoms with Gasteiger partial charge in [-0.1, -0.05) is 18.5 Å². The molecule has 5 heteroatoms. The summed E-state index contributed by atoms with van der Waals surface area (Å²) in [4.78, 5) is 12.5. The lowest BCUT2D eigenvalue weighted by molar-refractivity contribution is 0.0945. The number of halogens is 1. The van der Waals surface area contributed by atoms with E-state index >= 15 is 0 Å². The van der Waals surface area contributed by atoms with E-state index in [1.54, 1.807) is 18.2 Å². The van der Waals surface area contributed by atoms with Crippen LogP contribution >= 0.6 is 24.2 Å². The molecule has 3 nitrogen and oxygen atoms in total. The van der Waals surface area contributed by atoms with Gasteiger partial charge in [-0.15, -0.1) is 12.6 Å². The summed E-state index contributed by atoms with van der Waals surface area (Å²) in [5.74, 6) is 0.0256. The minimum absolute atomic E-state index is 0.129. The van der Waals surface area contributed by atoms with Gasteiger partial charge in [0.15, 0.2) is 0 Å². The molecule has 2 N–H and O–H groups in total. The zero-order chi connectivity index (χ0) is 12.8. The van der Waals surface area contributed by atoms with Crippen molar-refractivity contribution >= 4 is 30.1 Å². The highest BCUT2D eigenvalue weighted by molar-refractivity contribution is 7.80. The fraction of sp³-hybridized carbons (Fsp3) is 0.417. The van der Waals surface area contributed by atoms with Gasteiger partial charge in [0.1, 0.15) is 0 Å². The van der Waals surface area contributed by atoms with Gasteiger partial charge < -0.3 is 10.4 Å². The smallest absolute Gasteiger partial charge is 0.252 e. The summed E-state index contributed by atoms with van der Waals surface area (Å²) in [5.41, 5.74) is 0.426. The van der Waals surface area contributed by atoms with Crippen molar-refractivity contribution in [3.8, 4) is 0 Å². The minimum atomic E-state index is -0.212. The zero-order valence-corrected chi connectivity index (χ0v) is 11.3. The predicted octanol–water partition coefficient (Wildman–Crippen LogP) is 2.38. The van der Waals surface area contributed by atoms with Crippen LogP contribution in [0.3, 0.4) is 0 Å². The average molecular weight is 274 g/mol. The first-order valence-electron chi connectivity index (χ1n) is 5.42. The van der Waals surface area contributed by atoms with Crippen molar-refractivity contribution in [1.82, 2.24) is 5.32 Å². The fourth-order valence-corrected chi connectivity index (χ4v) is 1.78. The molecule has 17 heavy (non-hydrogen) atoms. The van der Waals surface area contributed by atoms with Crippen molar-refractivity contribution in [3.63, 3.8) is 0 Å². The molecule has 0 aliphatic heterocycles. The summed E-state index contributed by atoms with van der Waals surface area (Å²) in [6.45, 7) is 2.61. The van der Waals surface area contributed by atoms with E-state index in [2.05, 4.69) is 17.9 Å². The number of aliphatic hydroxyl groups is 1. The Bertz CT molecular complexity index is 398. The van der Waals surface area contributed by atoms with Crippen molar-refractivity contribution < 1.29 is 9.90 Å². The second-order valence-electron chi connectivity index (χ2n) is 3.99. The number of carbonyl (C=O) groups is 1. The van der Waals surface area contributed by atoms with Crippen LogP contribution in [-0.2, 0) is 0 Å². The lowest BCUT2D eigenvalue weighted by Gasteiger charge is -2.12. The molecule has 94 valence electrons. The van der Waals surface area contributed by atoms with Gasteiger partial charge in [-0.3, -0.25) is 4.79 Å². The molecule has 1 rings (SSSR count). The normalized spacial score (nSPS) is 12.2. The van der Waals surface area contributed by atoms with Crippen molar-refractivity contribution in [1.29, 1.82) is 0 Å². The number of rotatable bonds is 5. The van der Waals surface area contributed by atoms with Gasteiger partial charge in [0.25, 0.3) is 5.91 Å². The summed E-state index contributed by atoms with van der Waals surface area (Å²) in [7, 11) is 0. The number of aliphatic hydroxyl groups excluding tert-OH is 1. The Kier molecular flexibility index (Phi) is 5.82. The van der Waals surface area contributed by atoms with E-state index in [0.717, 1.165) is 0 Å². The number of carbonyl (C=O) groups excluding carboxylic acids is 1. The van der Waals surface area contributed by atoms with Gasteiger partial charge in [-0.05, 0) is 30.5 Å². The molecule has 0 radical (unpaired) electrons. The third-order valence-electron chi connectivity index (χ3n) is 2.43. The molecule has 1 unspecified atom stereocenters. The predicted molar refractivity (Wildman–Crippen MR) is 71.9 cm³/mol. The zero-order valence-electron chi connectivity index (χ0n) is 9.61.